The van der Waals surface area contributed by atoms with Crippen LogP contribution in [-0.2, 0) is 0 Å². The van der Waals surface area contributed by atoms with Crippen LogP contribution in [0.2, 0.25) is 0 Å². The SMILES string of the molecule is C=C(C)COc1ccccc1C(=O)Nc1ccc(OCCC)cc1. The van der Waals surface area contributed by atoms with Crippen molar-refractivity contribution < 1.29 is 14.3 Å². The molecule has 0 aliphatic heterocycles. The number of nitrogens with one attached hydrogen (secondary N) is 1. The summed E-state index contributed by atoms with van der Waals surface area (Å²) in [5, 5.41) is 2.87. The molecule has 0 bridgehead atoms. The number of anilines is 1. The van der Waals surface area contributed by atoms with E-state index in [9.17, 15) is 4.79 Å². The zero-order chi connectivity index (χ0) is 17.4. The van der Waals surface area contributed by atoms with Crippen molar-refractivity contribution in [1.29, 1.82) is 0 Å². The Morgan fingerprint density at radius 1 is 1.08 bits per heavy atom. The van der Waals surface area contributed by atoms with Gasteiger partial charge in [-0.05, 0) is 55.3 Å². The first-order chi connectivity index (χ1) is 11.6. The van der Waals surface area contributed by atoms with Crippen molar-refractivity contribution in [3.05, 3.63) is 66.2 Å². The maximum atomic E-state index is 12.5. The molecule has 2 aromatic rings. The lowest BCUT2D eigenvalue weighted by Gasteiger charge is -2.12. The number of hydrogen-bond donors (Lipinski definition) is 1. The molecular weight excluding hydrogens is 302 g/mol. The summed E-state index contributed by atoms with van der Waals surface area (Å²) < 4.78 is 11.2. The maximum absolute atomic E-state index is 12.5. The van der Waals surface area contributed by atoms with Gasteiger partial charge in [0.1, 0.15) is 18.1 Å². The van der Waals surface area contributed by atoms with Crippen LogP contribution in [0.5, 0.6) is 11.5 Å². The van der Waals surface area contributed by atoms with Gasteiger partial charge in [0.2, 0.25) is 0 Å². The van der Waals surface area contributed by atoms with Crippen molar-refractivity contribution in [1.82, 2.24) is 0 Å². The zero-order valence-corrected chi connectivity index (χ0v) is 14.2. The highest BCUT2D eigenvalue weighted by Crippen LogP contribution is 2.21. The second-order valence-electron chi connectivity index (χ2n) is 5.57. The molecule has 2 aromatic carbocycles. The molecule has 126 valence electrons. The highest BCUT2D eigenvalue weighted by Gasteiger charge is 2.12. The Labute approximate surface area is 143 Å². The molecule has 0 spiro atoms. The predicted molar refractivity (Wildman–Crippen MR) is 96.9 cm³/mol. The summed E-state index contributed by atoms with van der Waals surface area (Å²) in [6.07, 6.45) is 0.958. The van der Waals surface area contributed by atoms with Crippen LogP contribution in [0.3, 0.4) is 0 Å². The molecule has 4 nitrogen and oxygen atoms in total. The molecular formula is C20H23NO3. The van der Waals surface area contributed by atoms with Gasteiger partial charge >= 0.3 is 0 Å². The lowest BCUT2D eigenvalue weighted by Crippen LogP contribution is -2.14. The Hall–Kier alpha value is -2.75. The first kappa shape index (κ1) is 17.6. The molecule has 0 aromatic heterocycles. The summed E-state index contributed by atoms with van der Waals surface area (Å²) in [6, 6.07) is 14.5. The highest BCUT2D eigenvalue weighted by atomic mass is 16.5. The van der Waals surface area contributed by atoms with Crippen molar-refractivity contribution in [2.45, 2.75) is 20.3 Å². The number of para-hydroxylation sites is 1. The molecule has 2 rings (SSSR count). The summed E-state index contributed by atoms with van der Waals surface area (Å²) in [4.78, 5) is 12.5. The number of hydrogen-bond acceptors (Lipinski definition) is 3. The summed E-state index contributed by atoms with van der Waals surface area (Å²) in [7, 11) is 0. The smallest absolute Gasteiger partial charge is 0.259 e. The number of benzene rings is 2. The first-order valence-corrected chi connectivity index (χ1v) is 8.00. The van der Waals surface area contributed by atoms with E-state index in [0.29, 0.717) is 30.2 Å². The minimum atomic E-state index is -0.213. The predicted octanol–water partition coefficient (Wildman–Crippen LogP) is 4.68. The van der Waals surface area contributed by atoms with Gasteiger partial charge in [-0.25, -0.2) is 0 Å². The monoisotopic (exact) mass is 325 g/mol. The Bertz CT molecular complexity index is 692. The minimum absolute atomic E-state index is 0.213. The van der Waals surface area contributed by atoms with Crippen LogP contribution >= 0.6 is 0 Å². The van der Waals surface area contributed by atoms with Crippen LogP contribution in [0.25, 0.3) is 0 Å². The van der Waals surface area contributed by atoms with Crippen molar-refractivity contribution in [2.24, 2.45) is 0 Å². The van der Waals surface area contributed by atoms with Gasteiger partial charge in [-0.1, -0.05) is 25.6 Å². The van der Waals surface area contributed by atoms with E-state index in [4.69, 9.17) is 9.47 Å². The van der Waals surface area contributed by atoms with Crippen LogP contribution in [0.15, 0.2) is 60.7 Å². The molecule has 0 aliphatic carbocycles. The van der Waals surface area contributed by atoms with Crippen LogP contribution in [0, 0.1) is 0 Å². The first-order valence-electron chi connectivity index (χ1n) is 8.00. The van der Waals surface area contributed by atoms with Crippen LogP contribution < -0.4 is 14.8 Å². The van der Waals surface area contributed by atoms with Crippen molar-refractivity contribution in [3.8, 4) is 11.5 Å². The Morgan fingerprint density at radius 3 is 2.46 bits per heavy atom. The van der Waals surface area contributed by atoms with E-state index in [-0.39, 0.29) is 5.91 Å². The number of ether oxygens (including phenoxy) is 2. The molecule has 24 heavy (non-hydrogen) atoms. The van der Waals surface area contributed by atoms with Crippen molar-refractivity contribution in [2.75, 3.05) is 18.5 Å². The number of rotatable bonds is 8. The van der Waals surface area contributed by atoms with E-state index in [0.717, 1.165) is 17.7 Å². The fourth-order valence-electron chi connectivity index (χ4n) is 2.03. The van der Waals surface area contributed by atoms with E-state index in [1.165, 1.54) is 0 Å². The zero-order valence-electron chi connectivity index (χ0n) is 14.2. The van der Waals surface area contributed by atoms with E-state index in [2.05, 4.69) is 18.8 Å². The largest absolute Gasteiger partial charge is 0.494 e. The van der Waals surface area contributed by atoms with Crippen LogP contribution in [0.4, 0.5) is 5.69 Å². The lowest BCUT2D eigenvalue weighted by molar-refractivity contribution is 0.102. The van der Waals surface area contributed by atoms with Crippen molar-refractivity contribution in [3.63, 3.8) is 0 Å². The minimum Gasteiger partial charge on any atom is -0.494 e. The molecule has 0 unspecified atom stereocenters. The topological polar surface area (TPSA) is 47.6 Å². The third-order valence-electron chi connectivity index (χ3n) is 3.19. The van der Waals surface area contributed by atoms with Gasteiger partial charge in [0.15, 0.2) is 0 Å². The lowest BCUT2D eigenvalue weighted by atomic mass is 10.2. The quantitative estimate of drug-likeness (QED) is 0.717. The maximum Gasteiger partial charge on any atom is 0.259 e. The average molecular weight is 325 g/mol. The summed E-state index contributed by atoms with van der Waals surface area (Å²) in [6.45, 7) is 8.80. The highest BCUT2D eigenvalue weighted by molar-refractivity contribution is 6.06. The Morgan fingerprint density at radius 2 is 1.79 bits per heavy atom. The molecule has 0 atom stereocenters. The standard InChI is InChI=1S/C20H23NO3/c1-4-13-23-17-11-9-16(10-12-17)21-20(22)18-7-5-6-8-19(18)24-14-15(2)3/h5-12H,2,4,13-14H2,1,3H3,(H,21,22). The number of carbonyl (C=O) groups excluding carboxylic acids is 1. The third-order valence-corrected chi connectivity index (χ3v) is 3.19. The summed E-state index contributed by atoms with van der Waals surface area (Å²) in [5.74, 6) is 1.12. The van der Waals surface area contributed by atoms with Crippen LogP contribution in [0.1, 0.15) is 30.6 Å². The Balaban J connectivity index is 2.05. The van der Waals surface area contributed by atoms with Crippen LogP contribution in [-0.4, -0.2) is 19.1 Å². The number of carbonyl (C=O) groups is 1. The molecule has 4 heteroatoms. The van der Waals surface area contributed by atoms with Crippen molar-refractivity contribution >= 4 is 11.6 Å². The molecule has 0 saturated carbocycles. The van der Waals surface area contributed by atoms with E-state index in [1.54, 1.807) is 12.1 Å². The number of amides is 1. The Kier molecular flexibility index (Phi) is 6.43. The molecule has 0 heterocycles. The van der Waals surface area contributed by atoms with E-state index < -0.39 is 0 Å². The summed E-state index contributed by atoms with van der Waals surface area (Å²) >= 11 is 0. The molecule has 0 radical (unpaired) electrons. The van der Waals surface area contributed by atoms with E-state index in [1.807, 2.05) is 43.3 Å². The normalized spacial score (nSPS) is 10.1. The second-order valence-corrected chi connectivity index (χ2v) is 5.57. The summed E-state index contributed by atoms with van der Waals surface area (Å²) in [5.41, 5.74) is 2.09. The van der Waals surface area contributed by atoms with Gasteiger partial charge in [0.25, 0.3) is 5.91 Å². The molecule has 1 amide bonds. The van der Waals surface area contributed by atoms with Gasteiger partial charge in [0, 0.05) is 5.69 Å². The van der Waals surface area contributed by atoms with Gasteiger partial charge in [-0.3, -0.25) is 4.79 Å². The van der Waals surface area contributed by atoms with Gasteiger partial charge in [-0.15, -0.1) is 0 Å². The molecule has 0 fully saturated rings. The third kappa shape index (κ3) is 5.16. The second kappa shape index (κ2) is 8.77. The average Bonchev–Trinajstić information content (AvgIpc) is 2.59. The molecule has 1 N–H and O–H groups in total. The molecule has 0 saturated heterocycles. The molecule has 0 aliphatic rings. The van der Waals surface area contributed by atoms with Gasteiger partial charge < -0.3 is 14.8 Å². The van der Waals surface area contributed by atoms with Gasteiger partial charge in [0.05, 0.1) is 12.2 Å². The fraction of sp³-hybridized carbons (Fsp3) is 0.250. The fourth-order valence-corrected chi connectivity index (χ4v) is 2.03. The van der Waals surface area contributed by atoms with E-state index >= 15 is 0 Å². The van der Waals surface area contributed by atoms with Gasteiger partial charge in [-0.2, -0.15) is 0 Å².